The Balaban J connectivity index is 2.83. The molecular weight excluding hydrogens is 331 g/mol. The van der Waals surface area contributed by atoms with Crippen molar-refractivity contribution in [2.75, 3.05) is 26.5 Å². The van der Waals surface area contributed by atoms with Gasteiger partial charge in [0.1, 0.15) is 11.5 Å². The fourth-order valence-electron chi connectivity index (χ4n) is 1.86. The summed E-state index contributed by atoms with van der Waals surface area (Å²) in [5, 5.41) is 1.84. The third-order valence-electron chi connectivity index (χ3n) is 2.97. The zero-order valence-electron chi connectivity index (χ0n) is 13.3. The van der Waals surface area contributed by atoms with E-state index in [1.54, 1.807) is 23.9 Å². The Bertz CT molecular complexity index is 535. The number of ether oxygens (including phenoxy) is 2. The molecule has 130 valence electrons. The number of carbonyl (C=O) groups is 1. The molecule has 0 aliphatic rings. The van der Waals surface area contributed by atoms with Crippen LogP contribution in [0.3, 0.4) is 0 Å². The van der Waals surface area contributed by atoms with Gasteiger partial charge in [0.05, 0.1) is 19.1 Å². The zero-order valence-corrected chi connectivity index (χ0v) is 14.1. The molecular formula is C15H20F3NO3S. The molecule has 1 rings (SSSR count). The van der Waals surface area contributed by atoms with Gasteiger partial charge in [0, 0.05) is 6.54 Å². The second kappa shape index (κ2) is 8.90. The second-order valence-electron chi connectivity index (χ2n) is 4.67. The van der Waals surface area contributed by atoms with Crippen molar-refractivity contribution in [1.82, 2.24) is 5.32 Å². The van der Waals surface area contributed by atoms with Crippen molar-refractivity contribution >= 4 is 17.7 Å². The summed E-state index contributed by atoms with van der Waals surface area (Å²) in [6.45, 7) is 1.92. The number of benzene rings is 1. The molecule has 0 bridgehead atoms. The summed E-state index contributed by atoms with van der Waals surface area (Å²) in [5.41, 5.74) is 0.674. The molecule has 0 heterocycles. The van der Waals surface area contributed by atoms with E-state index >= 15 is 0 Å². The van der Waals surface area contributed by atoms with Crippen LogP contribution in [0.4, 0.5) is 13.2 Å². The lowest BCUT2D eigenvalue weighted by Gasteiger charge is -2.15. The van der Waals surface area contributed by atoms with Gasteiger partial charge in [0.15, 0.2) is 0 Å². The number of hydrogen-bond donors (Lipinski definition) is 1. The molecule has 0 unspecified atom stereocenters. The first-order chi connectivity index (χ1) is 10.8. The van der Waals surface area contributed by atoms with Crippen LogP contribution in [-0.2, 0) is 11.2 Å². The van der Waals surface area contributed by atoms with E-state index in [4.69, 9.17) is 9.47 Å². The Morgan fingerprint density at radius 2 is 1.87 bits per heavy atom. The van der Waals surface area contributed by atoms with Gasteiger partial charge in [-0.2, -0.15) is 13.2 Å². The van der Waals surface area contributed by atoms with Crippen LogP contribution in [0.1, 0.15) is 18.9 Å². The molecule has 0 saturated carbocycles. The molecule has 1 amide bonds. The maximum absolute atomic E-state index is 12.2. The topological polar surface area (TPSA) is 47.6 Å². The number of hydrogen-bond acceptors (Lipinski definition) is 4. The van der Waals surface area contributed by atoms with Crippen molar-refractivity contribution in [1.29, 1.82) is 0 Å². The van der Waals surface area contributed by atoms with Crippen molar-refractivity contribution in [3.63, 3.8) is 0 Å². The number of thioether (sulfide) groups is 1. The van der Waals surface area contributed by atoms with Crippen LogP contribution >= 0.6 is 11.8 Å². The quantitative estimate of drug-likeness (QED) is 0.729. The third kappa shape index (κ3) is 5.85. The van der Waals surface area contributed by atoms with E-state index in [1.807, 2.05) is 5.32 Å². The molecule has 0 fully saturated rings. The van der Waals surface area contributed by atoms with Gasteiger partial charge in [0.25, 0.3) is 0 Å². The Hall–Kier alpha value is -1.57. The van der Waals surface area contributed by atoms with E-state index in [9.17, 15) is 18.0 Å². The summed E-state index contributed by atoms with van der Waals surface area (Å²) in [5.74, 6) is 0.172. The zero-order chi connectivity index (χ0) is 17.5. The SMILES string of the molecule is CCCSc1cc(OC)c(CCNC(=O)C(F)(F)F)cc1OC. The largest absolute Gasteiger partial charge is 0.496 e. The minimum atomic E-state index is -4.87. The van der Waals surface area contributed by atoms with Gasteiger partial charge >= 0.3 is 12.1 Å². The van der Waals surface area contributed by atoms with Gasteiger partial charge in [-0.3, -0.25) is 4.79 Å². The molecule has 1 aromatic carbocycles. The minimum absolute atomic E-state index is 0.140. The monoisotopic (exact) mass is 351 g/mol. The van der Waals surface area contributed by atoms with Crippen molar-refractivity contribution in [2.45, 2.75) is 30.8 Å². The molecule has 0 atom stereocenters. The van der Waals surface area contributed by atoms with Crippen LogP contribution in [0.2, 0.25) is 0 Å². The van der Waals surface area contributed by atoms with Gasteiger partial charge < -0.3 is 14.8 Å². The molecule has 23 heavy (non-hydrogen) atoms. The van der Waals surface area contributed by atoms with Crippen molar-refractivity contribution in [3.05, 3.63) is 17.7 Å². The average molecular weight is 351 g/mol. The fourth-order valence-corrected chi connectivity index (χ4v) is 2.76. The van der Waals surface area contributed by atoms with Crippen LogP contribution in [0.15, 0.2) is 17.0 Å². The minimum Gasteiger partial charge on any atom is -0.496 e. The molecule has 0 aliphatic carbocycles. The lowest BCUT2D eigenvalue weighted by molar-refractivity contribution is -0.173. The normalized spacial score (nSPS) is 11.2. The summed E-state index contributed by atoms with van der Waals surface area (Å²) in [6.07, 6.45) is -3.66. The number of nitrogens with one attached hydrogen (secondary N) is 1. The lowest BCUT2D eigenvalue weighted by atomic mass is 10.1. The Kier molecular flexibility index (Phi) is 7.54. The first kappa shape index (κ1) is 19.5. The summed E-state index contributed by atoms with van der Waals surface area (Å²) in [4.78, 5) is 11.7. The molecule has 1 N–H and O–H groups in total. The first-order valence-electron chi connectivity index (χ1n) is 7.06. The van der Waals surface area contributed by atoms with E-state index in [0.717, 1.165) is 17.1 Å². The van der Waals surface area contributed by atoms with Crippen molar-refractivity contribution < 1.29 is 27.4 Å². The standard InChI is InChI=1S/C15H20F3NO3S/c1-4-7-23-13-9-11(21-2)10(8-12(13)22-3)5-6-19-14(20)15(16,17)18/h8-9H,4-7H2,1-3H3,(H,19,20). The Labute approximate surface area is 137 Å². The first-order valence-corrected chi connectivity index (χ1v) is 8.04. The number of halogens is 3. The van der Waals surface area contributed by atoms with Gasteiger partial charge in [-0.1, -0.05) is 6.92 Å². The highest BCUT2D eigenvalue weighted by Gasteiger charge is 2.38. The van der Waals surface area contributed by atoms with Crippen molar-refractivity contribution in [3.8, 4) is 11.5 Å². The van der Waals surface area contributed by atoms with Crippen LogP contribution < -0.4 is 14.8 Å². The van der Waals surface area contributed by atoms with E-state index in [1.165, 1.54) is 14.2 Å². The summed E-state index contributed by atoms with van der Waals surface area (Å²) in [6, 6.07) is 3.54. The number of carbonyl (C=O) groups excluding carboxylic acids is 1. The lowest BCUT2D eigenvalue weighted by Crippen LogP contribution is -2.37. The predicted octanol–water partition coefficient (Wildman–Crippen LogP) is 3.43. The average Bonchev–Trinajstić information content (AvgIpc) is 2.51. The summed E-state index contributed by atoms with van der Waals surface area (Å²) < 4.78 is 47.1. The molecule has 1 aromatic rings. The van der Waals surface area contributed by atoms with E-state index in [2.05, 4.69) is 6.92 Å². The molecule has 0 radical (unpaired) electrons. The predicted molar refractivity (Wildman–Crippen MR) is 83.3 cm³/mol. The molecule has 0 aromatic heterocycles. The third-order valence-corrected chi connectivity index (χ3v) is 4.21. The van der Waals surface area contributed by atoms with Crippen molar-refractivity contribution in [2.24, 2.45) is 0 Å². The highest BCUT2D eigenvalue weighted by atomic mass is 32.2. The van der Waals surface area contributed by atoms with Crippen LogP contribution in [0.25, 0.3) is 0 Å². The maximum Gasteiger partial charge on any atom is 0.471 e. The molecule has 0 spiro atoms. The number of amides is 1. The Morgan fingerprint density at radius 1 is 1.22 bits per heavy atom. The molecule has 4 nitrogen and oxygen atoms in total. The Morgan fingerprint density at radius 3 is 2.39 bits per heavy atom. The van der Waals surface area contributed by atoms with Crippen LogP contribution in [0, 0.1) is 0 Å². The van der Waals surface area contributed by atoms with E-state index in [0.29, 0.717) is 17.1 Å². The summed E-state index contributed by atoms with van der Waals surface area (Å²) in [7, 11) is 3.03. The summed E-state index contributed by atoms with van der Waals surface area (Å²) >= 11 is 1.62. The van der Waals surface area contributed by atoms with Crippen LogP contribution in [-0.4, -0.2) is 38.6 Å². The van der Waals surface area contributed by atoms with E-state index < -0.39 is 12.1 Å². The number of rotatable bonds is 8. The smallest absolute Gasteiger partial charge is 0.471 e. The van der Waals surface area contributed by atoms with Gasteiger partial charge in [-0.05, 0) is 36.3 Å². The number of alkyl halides is 3. The highest BCUT2D eigenvalue weighted by molar-refractivity contribution is 7.99. The van der Waals surface area contributed by atoms with Gasteiger partial charge in [-0.25, -0.2) is 0 Å². The van der Waals surface area contributed by atoms with Crippen LogP contribution in [0.5, 0.6) is 11.5 Å². The molecule has 8 heteroatoms. The fraction of sp³-hybridized carbons (Fsp3) is 0.533. The molecule has 0 saturated heterocycles. The van der Waals surface area contributed by atoms with Gasteiger partial charge in [0.2, 0.25) is 0 Å². The van der Waals surface area contributed by atoms with Gasteiger partial charge in [-0.15, -0.1) is 11.8 Å². The van der Waals surface area contributed by atoms with E-state index in [-0.39, 0.29) is 13.0 Å². The highest BCUT2D eigenvalue weighted by Crippen LogP contribution is 2.36. The maximum atomic E-state index is 12.2. The molecule has 0 aliphatic heterocycles. The number of methoxy groups -OCH3 is 2. The second-order valence-corrected chi connectivity index (χ2v) is 5.80.